The van der Waals surface area contributed by atoms with Crippen molar-refractivity contribution in [3.8, 4) is 0 Å². The Balaban J connectivity index is 3.40. The zero-order valence-corrected chi connectivity index (χ0v) is 7.58. The number of hydrogen-bond donors (Lipinski definition) is 1. The standard InChI is InChI=1S/C8H6ClF4N/c9-6-2-5(10)1-4(3-14)7(6)8(11,12)13/h1-2H,3,14H2. The first kappa shape index (κ1) is 11.3. The molecule has 0 saturated heterocycles. The SMILES string of the molecule is NCc1cc(F)cc(Cl)c1C(F)(F)F. The topological polar surface area (TPSA) is 26.0 Å². The molecule has 0 bridgehead atoms. The molecule has 6 heteroatoms. The van der Waals surface area contributed by atoms with E-state index in [-0.39, 0.29) is 5.56 Å². The number of nitrogens with two attached hydrogens (primary N) is 1. The molecule has 0 fully saturated rings. The van der Waals surface area contributed by atoms with Crippen LogP contribution in [0.15, 0.2) is 12.1 Å². The van der Waals surface area contributed by atoms with Gasteiger partial charge in [-0.2, -0.15) is 13.2 Å². The van der Waals surface area contributed by atoms with Crippen molar-refractivity contribution in [3.63, 3.8) is 0 Å². The predicted molar refractivity (Wildman–Crippen MR) is 44.3 cm³/mol. The van der Waals surface area contributed by atoms with Crippen LogP contribution in [0.1, 0.15) is 11.1 Å². The Morgan fingerprint density at radius 3 is 2.29 bits per heavy atom. The summed E-state index contributed by atoms with van der Waals surface area (Å²) in [7, 11) is 0. The van der Waals surface area contributed by atoms with Gasteiger partial charge in [0.05, 0.1) is 10.6 Å². The summed E-state index contributed by atoms with van der Waals surface area (Å²) in [6.45, 7) is -0.410. The Kier molecular flexibility index (Phi) is 3.01. The molecule has 0 spiro atoms. The third-order valence-corrected chi connectivity index (χ3v) is 1.94. The highest BCUT2D eigenvalue weighted by Gasteiger charge is 2.35. The van der Waals surface area contributed by atoms with Crippen molar-refractivity contribution in [2.75, 3.05) is 0 Å². The normalized spacial score (nSPS) is 11.9. The number of halogens is 5. The molecule has 14 heavy (non-hydrogen) atoms. The summed E-state index contributed by atoms with van der Waals surface area (Å²) < 4.78 is 49.8. The maximum atomic E-state index is 12.7. The van der Waals surface area contributed by atoms with Gasteiger partial charge in [-0.3, -0.25) is 0 Å². The van der Waals surface area contributed by atoms with Crippen LogP contribution in [0.25, 0.3) is 0 Å². The van der Waals surface area contributed by atoms with Gasteiger partial charge in [0.2, 0.25) is 0 Å². The smallest absolute Gasteiger partial charge is 0.326 e. The molecule has 0 saturated carbocycles. The molecule has 0 aromatic heterocycles. The zero-order valence-electron chi connectivity index (χ0n) is 6.83. The lowest BCUT2D eigenvalue weighted by atomic mass is 10.1. The summed E-state index contributed by atoms with van der Waals surface area (Å²) in [6.07, 6.45) is -4.61. The van der Waals surface area contributed by atoms with Gasteiger partial charge >= 0.3 is 6.18 Å². The highest BCUT2D eigenvalue weighted by atomic mass is 35.5. The van der Waals surface area contributed by atoms with Crippen LogP contribution in [0.5, 0.6) is 0 Å². The van der Waals surface area contributed by atoms with E-state index in [1.807, 2.05) is 0 Å². The first-order valence-electron chi connectivity index (χ1n) is 3.61. The lowest BCUT2D eigenvalue weighted by Crippen LogP contribution is -2.13. The van der Waals surface area contributed by atoms with Crippen molar-refractivity contribution >= 4 is 11.6 Å². The molecule has 0 radical (unpaired) electrons. The molecule has 1 aromatic rings. The van der Waals surface area contributed by atoms with Crippen LogP contribution >= 0.6 is 11.6 Å². The molecule has 1 rings (SSSR count). The molecule has 0 aliphatic rings. The van der Waals surface area contributed by atoms with E-state index >= 15 is 0 Å². The van der Waals surface area contributed by atoms with Crippen LogP contribution in [0.4, 0.5) is 17.6 Å². The van der Waals surface area contributed by atoms with Crippen molar-refractivity contribution in [3.05, 3.63) is 34.1 Å². The highest BCUT2D eigenvalue weighted by molar-refractivity contribution is 6.31. The second-order valence-electron chi connectivity index (χ2n) is 2.62. The molecule has 1 aromatic carbocycles. The van der Waals surface area contributed by atoms with Crippen LogP contribution in [-0.2, 0) is 12.7 Å². The van der Waals surface area contributed by atoms with Crippen molar-refractivity contribution in [2.24, 2.45) is 5.73 Å². The van der Waals surface area contributed by atoms with Gasteiger partial charge in [-0.1, -0.05) is 11.6 Å². The minimum Gasteiger partial charge on any atom is -0.326 e. The minimum absolute atomic E-state index is 0.345. The van der Waals surface area contributed by atoms with E-state index in [4.69, 9.17) is 17.3 Å². The number of rotatable bonds is 1. The van der Waals surface area contributed by atoms with Gasteiger partial charge in [-0.25, -0.2) is 4.39 Å². The molecule has 2 N–H and O–H groups in total. The summed E-state index contributed by atoms with van der Waals surface area (Å²) in [6, 6.07) is 1.35. The largest absolute Gasteiger partial charge is 0.418 e. The van der Waals surface area contributed by atoms with Gasteiger partial charge < -0.3 is 5.73 Å². The van der Waals surface area contributed by atoms with Crippen molar-refractivity contribution in [1.29, 1.82) is 0 Å². The second kappa shape index (κ2) is 3.74. The molecule has 78 valence electrons. The van der Waals surface area contributed by atoms with Crippen LogP contribution in [0, 0.1) is 5.82 Å². The van der Waals surface area contributed by atoms with Crippen LogP contribution < -0.4 is 5.73 Å². The monoisotopic (exact) mass is 227 g/mol. The maximum Gasteiger partial charge on any atom is 0.418 e. The van der Waals surface area contributed by atoms with Gasteiger partial charge in [0, 0.05) is 6.54 Å². The van der Waals surface area contributed by atoms with Gasteiger partial charge in [0.1, 0.15) is 5.82 Å². The van der Waals surface area contributed by atoms with E-state index in [1.54, 1.807) is 0 Å². The molecule has 0 atom stereocenters. The molecular weight excluding hydrogens is 222 g/mol. The number of alkyl halides is 3. The molecule has 0 heterocycles. The van der Waals surface area contributed by atoms with Crippen molar-refractivity contribution < 1.29 is 17.6 Å². The summed E-state index contributed by atoms with van der Waals surface area (Å²) in [4.78, 5) is 0. The molecule has 0 aliphatic carbocycles. The Morgan fingerprint density at radius 1 is 1.29 bits per heavy atom. The van der Waals surface area contributed by atoms with Gasteiger partial charge in [0.25, 0.3) is 0 Å². The average molecular weight is 228 g/mol. The van der Waals surface area contributed by atoms with Gasteiger partial charge in [0.15, 0.2) is 0 Å². The first-order valence-corrected chi connectivity index (χ1v) is 3.99. The quantitative estimate of drug-likeness (QED) is 0.734. The van der Waals surface area contributed by atoms with Crippen molar-refractivity contribution in [1.82, 2.24) is 0 Å². The Labute approximate surface area is 82.5 Å². The fraction of sp³-hybridized carbons (Fsp3) is 0.250. The molecule has 0 amide bonds. The summed E-state index contributed by atoms with van der Waals surface area (Å²) in [5.41, 5.74) is 3.65. The molecular formula is C8H6ClF4N. The number of benzene rings is 1. The van der Waals surface area contributed by atoms with E-state index in [0.717, 1.165) is 6.07 Å². The van der Waals surface area contributed by atoms with Gasteiger partial charge in [-0.15, -0.1) is 0 Å². The maximum absolute atomic E-state index is 12.7. The van der Waals surface area contributed by atoms with Crippen LogP contribution in [0.2, 0.25) is 5.02 Å². The molecule has 0 aliphatic heterocycles. The molecule has 0 unspecified atom stereocenters. The average Bonchev–Trinajstić information content (AvgIpc) is 1.99. The van der Waals surface area contributed by atoms with E-state index in [0.29, 0.717) is 6.07 Å². The summed E-state index contributed by atoms with van der Waals surface area (Å²) in [5, 5.41) is -0.669. The van der Waals surface area contributed by atoms with Crippen molar-refractivity contribution in [2.45, 2.75) is 12.7 Å². The Morgan fingerprint density at radius 2 is 1.86 bits per heavy atom. The van der Waals surface area contributed by atoms with E-state index in [1.165, 1.54) is 0 Å². The predicted octanol–water partition coefficient (Wildman–Crippen LogP) is 2.96. The van der Waals surface area contributed by atoms with Crippen LogP contribution in [0.3, 0.4) is 0 Å². The summed E-state index contributed by atoms with van der Waals surface area (Å²) in [5.74, 6) is -0.830. The van der Waals surface area contributed by atoms with E-state index in [2.05, 4.69) is 0 Å². The van der Waals surface area contributed by atoms with Crippen LogP contribution in [-0.4, -0.2) is 0 Å². The third kappa shape index (κ3) is 2.16. The number of hydrogen-bond acceptors (Lipinski definition) is 1. The van der Waals surface area contributed by atoms with E-state index < -0.39 is 29.1 Å². The third-order valence-electron chi connectivity index (χ3n) is 1.64. The molecule has 1 nitrogen and oxygen atoms in total. The zero-order chi connectivity index (χ0) is 10.9. The Bertz CT molecular complexity index is 348. The summed E-state index contributed by atoms with van der Waals surface area (Å²) >= 11 is 5.28. The lowest BCUT2D eigenvalue weighted by Gasteiger charge is -2.13. The first-order chi connectivity index (χ1) is 6.36. The van der Waals surface area contributed by atoms with E-state index in [9.17, 15) is 17.6 Å². The Hall–Kier alpha value is -0.810. The lowest BCUT2D eigenvalue weighted by molar-refractivity contribution is -0.138. The highest BCUT2D eigenvalue weighted by Crippen LogP contribution is 2.37. The fourth-order valence-corrected chi connectivity index (χ4v) is 1.44. The second-order valence-corrected chi connectivity index (χ2v) is 3.03. The fourth-order valence-electron chi connectivity index (χ4n) is 1.11. The minimum atomic E-state index is -4.61. The van der Waals surface area contributed by atoms with Gasteiger partial charge in [-0.05, 0) is 17.7 Å².